The van der Waals surface area contributed by atoms with Crippen LogP contribution in [0.5, 0.6) is 11.5 Å². The molecule has 0 saturated heterocycles. The molecule has 0 unspecified atom stereocenters. The smallest absolute Gasteiger partial charge is 0.379 e. The van der Waals surface area contributed by atoms with E-state index in [1.165, 1.54) is 25.3 Å². The largest absolute Gasteiger partial charge is 0.493 e. The van der Waals surface area contributed by atoms with Gasteiger partial charge in [-0.05, 0) is 48.5 Å². The first-order chi connectivity index (χ1) is 17.9. The van der Waals surface area contributed by atoms with Gasteiger partial charge in [-0.25, -0.2) is 14.4 Å². The Balaban J connectivity index is 1.39. The summed E-state index contributed by atoms with van der Waals surface area (Å²) in [5.41, 5.74) is 0.0466. The molecule has 0 saturated carbocycles. The first kappa shape index (κ1) is 22.6. The van der Waals surface area contributed by atoms with Crippen molar-refractivity contribution in [2.45, 2.75) is 0 Å². The molecule has 6 rings (SSSR count). The molecule has 0 N–H and O–H groups in total. The summed E-state index contributed by atoms with van der Waals surface area (Å²) < 4.78 is 27.1. The molecule has 3 heterocycles. The molecule has 0 aliphatic heterocycles. The highest BCUT2D eigenvalue weighted by Gasteiger charge is 2.19. The maximum Gasteiger partial charge on any atom is 0.379 e. The van der Waals surface area contributed by atoms with E-state index < -0.39 is 17.2 Å². The second-order valence-corrected chi connectivity index (χ2v) is 8.58. The third-order valence-corrected chi connectivity index (χ3v) is 6.08. The Hall–Kier alpha value is -4.82. The van der Waals surface area contributed by atoms with E-state index in [1.807, 2.05) is 0 Å². The second kappa shape index (κ2) is 8.69. The van der Waals surface area contributed by atoms with E-state index in [4.69, 9.17) is 34.3 Å². The number of para-hydroxylation sites is 1. The van der Waals surface area contributed by atoms with Crippen LogP contribution in [0.1, 0.15) is 10.6 Å². The molecule has 0 aliphatic rings. The van der Waals surface area contributed by atoms with E-state index in [0.29, 0.717) is 43.7 Å². The van der Waals surface area contributed by atoms with Crippen LogP contribution in [0.15, 0.2) is 95.6 Å². The van der Waals surface area contributed by atoms with E-state index in [0.717, 1.165) is 0 Å². The standard InChI is InChI=1S/C28H15ClO8/c1-33-22-4-2-3-14-11-24(36-26(14)22)28(32)34-17-6-7-18-19(13-25(30)35-23(18)12-17)20-10-15-9-16(29)5-8-21(15)37-27(20)31/h2-13H,1H3. The molecule has 0 fully saturated rings. The molecule has 6 aromatic rings. The molecule has 3 aromatic heterocycles. The number of esters is 1. The number of methoxy groups -OCH3 is 1. The van der Waals surface area contributed by atoms with E-state index in [2.05, 4.69) is 0 Å². The molecule has 0 radical (unpaired) electrons. The minimum Gasteiger partial charge on any atom is -0.493 e. The summed E-state index contributed by atoms with van der Waals surface area (Å²) in [6.07, 6.45) is 0. The van der Waals surface area contributed by atoms with Crippen molar-refractivity contribution in [3.8, 4) is 22.6 Å². The van der Waals surface area contributed by atoms with E-state index in [-0.39, 0.29) is 22.7 Å². The van der Waals surface area contributed by atoms with Crippen molar-refractivity contribution in [3.05, 3.63) is 104 Å². The monoisotopic (exact) mass is 514 g/mol. The average Bonchev–Trinajstić information content (AvgIpc) is 3.33. The van der Waals surface area contributed by atoms with Crippen LogP contribution in [0.3, 0.4) is 0 Å². The summed E-state index contributed by atoms with van der Waals surface area (Å²) in [7, 11) is 1.50. The molecule has 0 aliphatic carbocycles. The summed E-state index contributed by atoms with van der Waals surface area (Å²) in [5.74, 6) is -0.176. The zero-order chi connectivity index (χ0) is 25.7. The molecular formula is C28H15ClO8. The number of rotatable bonds is 4. The molecule has 3 aromatic carbocycles. The van der Waals surface area contributed by atoms with Crippen molar-refractivity contribution in [2.24, 2.45) is 0 Å². The van der Waals surface area contributed by atoms with Gasteiger partial charge in [0.05, 0.1) is 12.7 Å². The van der Waals surface area contributed by atoms with Crippen LogP contribution in [-0.4, -0.2) is 13.1 Å². The minimum absolute atomic E-state index is 0.0257. The van der Waals surface area contributed by atoms with Gasteiger partial charge in [-0.2, -0.15) is 0 Å². The summed E-state index contributed by atoms with van der Waals surface area (Å²) in [6, 6.07) is 19.0. The summed E-state index contributed by atoms with van der Waals surface area (Å²) in [4.78, 5) is 37.9. The zero-order valence-electron chi connectivity index (χ0n) is 19.1. The summed E-state index contributed by atoms with van der Waals surface area (Å²) >= 11 is 6.08. The molecule has 0 spiro atoms. The lowest BCUT2D eigenvalue weighted by Crippen LogP contribution is -2.08. The Morgan fingerprint density at radius 1 is 0.811 bits per heavy atom. The SMILES string of the molecule is COc1cccc2cc(C(=O)Oc3ccc4c(-c5cc6cc(Cl)ccc6oc5=O)cc(=O)oc4c3)oc12. The molecule has 0 atom stereocenters. The topological polar surface area (TPSA) is 109 Å². The number of hydrogen-bond donors (Lipinski definition) is 0. The van der Waals surface area contributed by atoms with E-state index in [9.17, 15) is 14.4 Å². The van der Waals surface area contributed by atoms with Gasteiger partial charge < -0.3 is 22.7 Å². The number of halogens is 1. The molecule has 9 heteroatoms. The highest BCUT2D eigenvalue weighted by Crippen LogP contribution is 2.32. The van der Waals surface area contributed by atoms with Gasteiger partial charge in [-0.3, -0.25) is 0 Å². The lowest BCUT2D eigenvalue weighted by molar-refractivity contribution is 0.0704. The summed E-state index contributed by atoms with van der Waals surface area (Å²) in [5, 5.41) is 2.19. The average molecular weight is 515 g/mol. The van der Waals surface area contributed by atoms with Gasteiger partial charge in [0.1, 0.15) is 16.9 Å². The highest BCUT2D eigenvalue weighted by molar-refractivity contribution is 6.31. The van der Waals surface area contributed by atoms with Crippen LogP contribution in [0.4, 0.5) is 0 Å². The van der Waals surface area contributed by atoms with Gasteiger partial charge in [-0.1, -0.05) is 23.7 Å². The van der Waals surface area contributed by atoms with Gasteiger partial charge in [0.2, 0.25) is 5.76 Å². The summed E-state index contributed by atoms with van der Waals surface area (Å²) in [6.45, 7) is 0. The Bertz CT molecular complexity index is 1980. The van der Waals surface area contributed by atoms with Crippen molar-refractivity contribution in [3.63, 3.8) is 0 Å². The molecule has 37 heavy (non-hydrogen) atoms. The van der Waals surface area contributed by atoms with Crippen molar-refractivity contribution in [1.82, 2.24) is 0 Å². The number of hydrogen-bond acceptors (Lipinski definition) is 8. The van der Waals surface area contributed by atoms with Crippen LogP contribution >= 0.6 is 11.6 Å². The van der Waals surface area contributed by atoms with Crippen LogP contribution in [0.25, 0.3) is 44.0 Å². The number of benzene rings is 3. The predicted octanol–water partition coefficient (Wildman–Crippen LogP) is 6.19. The number of ether oxygens (including phenoxy) is 2. The van der Waals surface area contributed by atoms with Crippen molar-refractivity contribution < 1.29 is 27.5 Å². The van der Waals surface area contributed by atoms with Crippen molar-refractivity contribution in [1.29, 1.82) is 0 Å². The van der Waals surface area contributed by atoms with Crippen molar-refractivity contribution in [2.75, 3.05) is 7.11 Å². The van der Waals surface area contributed by atoms with Gasteiger partial charge >= 0.3 is 17.2 Å². The third kappa shape index (κ3) is 4.03. The number of furan rings is 1. The normalized spacial score (nSPS) is 11.3. The van der Waals surface area contributed by atoms with Crippen LogP contribution in [0.2, 0.25) is 5.02 Å². The zero-order valence-corrected chi connectivity index (χ0v) is 19.8. The Morgan fingerprint density at radius 2 is 1.68 bits per heavy atom. The second-order valence-electron chi connectivity index (χ2n) is 8.15. The minimum atomic E-state index is -0.747. The van der Waals surface area contributed by atoms with E-state index in [1.54, 1.807) is 54.6 Å². The highest BCUT2D eigenvalue weighted by atomic mass is 35.5. The lowest BCUT2D eigenvalue weighted by Gasteiger charge is -2.08. The van der Waals surface area contributed by atoms with Crippen LogP contribution in [-0.2, 0) is 0 Å². The molecule has 0 amide bonds. The number of fused-ring (bicyclic) bond motifs is 3. The number of carbonyl (C=O) groups excluding carboxylic acids is 1. The van der Waals surface area contributed by atoms with Crippen LogP contribution in [0, 0.1) is 0 Å². The lowest BCUT2D eigenvalue weighted by atomic mass is 10.0. The quantitative estimate of drug-likeness (QED) is 0.155. The fourth-order valence-corrected chi connectivity index (χ4v) is 4.35. The third-order valence-electron chi connectivity index (χ3n) is 5.84. The maximum absolute atomic E-state index is 12.8. The molecule has 182 valence electrons. The fraction of sp³-hybridized carbons (Fsp3) is 0.0357. The van der Waals surface area contributed by atoms with Crippen molar-refractivity contribution >= 4 is 50.5 Å². The predicted molar refractivity (Wildman–Crippen MR) is 137 cm³/mol. The van der Waals surface area contributed by atoms with Gasteiger partial charge in [-0.15, -0.1) is 0 Å². The number of carbonyl (C=O) groups is 1. The van der Waals surface area contributed by atoms with Gasteiger partial charge in [0.15, 0.2) is 11.3 Å². The Kier molecular flexibility index (Phi) is 5.31. The van der Waals surface area contributed by atoms with Crippen LogP contribution < -0.4 is 20.7 Å². The first-order valence-corrected chi connectivity index (χ1v) is 11.4. The molecular weight excluding hydrogens is 500 g/mol. The fourth-order valence-electron chi connectivity index (χ4n) is 4.17. The maximum atomic E-state index is 12.8. The van der Waals surface area contributed by atoms with Gasteiger partial charge in [0, 0.05) is 38.9 Å². The molecule has 8 nitrogen and oxygen atoms in total. The van der Waals surface area contributed by atoms with E-state index >= 15 is 0 Å². The first-order valence-electron chi connectivity index (χ1n) is 11.0. The van der Waals surface area contributed by atoms with Gasteiger partial charge in [0.25, 0.3) is 0 Å². The Morgan fingerprint density at radius 3 is 2.51 bits per heavy atom. The Labute approximate surface area is 212 Å². The molecule has 0 bridgehead atoms.